The van der Waals surface area contributed by atoms with Crippen LogP contribution in [0.1, 0.15) is 36.3 Å². The van der Waals surface area contributed by atoms with Crippen LogP contribution in [0.3, 0.4) is 0 Å². The van der Waals surface area contributed by atoms with Crippen molar-refractivity contribution in [3.05, 3.63) is 62.8 Å². The minimum Gasteiger partial charge on any atom is -0.343 e. The Kier molecular flexibility index (Phi) is 3.95. The topological polar surface area (TPSA) is 74.8 Å². The zero-order valence-corrected chi connectivity index (χ0v) is 14.4. The van der Waals surface area contributed by atoms with Crippen molar-refractivity contribution in [2.45, 2.75) is 30.3 Å². The van der Waals surface area contributed by atoms with Crippen LogP contribution in [-0.4, -0.2) is 22.0 Å². The van der Waals surface area contributed by atoms with Crippen molar-refractivity contribution < 1.29 is 9.18 Å². The fraction of sp³-hybridized carbons (Fsp3) is 0.278. The maximum absolute atomic E-state index is 13.4. The molecule has 0 saturated carbocycles. The third-order valence-corrected chi connectivity index (χ3v) is 5.21. The summed E-state index contributed by atoms with van der Waals surface area (Å²) in [7, 11) is 0. The van der Waals surface area contributed by atoms with E-state index in [-0.39, 0.29) is 17.2 Å². The molecule has 1 atom stereocenters. The largest absolute Gasteiger partial charge is 0.343 e. The number of H-pyrrole nitrogens is 1. The van der Waals surface area contributed by atoms with Gasteiger partial charge in [-0.3, -0.25) is 9.59 Å². The van der Waals surface area contributed by atoms with Crippen molar-refractivity contribution in [2.75, 3.05) is 11.6 Å². The number of nitrogens with zero attached hydrogens (tertiary/aromatic N) is 1. The number of carbonyl (C=O) groups excluding carboxylic acids is 1. The van der Waals surface area contributed by atoms with Crippen LogP contribution < -0.4 is 10.9 Å². The molecule has 0 unspecified atom stereocenters. The highest BCUT2D eigenvalue weighted by molar-refractivity contribution is 7.98. The molecule has 2 N–H and O–H groups in total. The van der Waals surface area contributed by atoms with Gasteiger partial charge in [0.1, 0.15) is 11.6 Å². The summed E-state index contributed by atoms with van der Waals surface area (Å²) in [6.07, 6.45) is 3.80. The lowest BCUT2D eigenvalue weighted by Gasteiger charge is -2.32. The molecule has 7 heteroatoms. The summed E-state index contributed by atoms with van der Waals surface area (Å²) >= 11 is 1.35. The van der Waals surface area contributed by atoms with E-state index < -0.39 is 5.92 Å². The molecule has 0 amide bonds. The number of aromatic amines is 1. The normalized spacial score (nSPS) is 19.3. The summed E-state index contributed by atoms with van der Waals surface area (Å²) in [5.74, 6) is -0.364. The van der Waals surface area contributed by atoms with Gasteiger partial charge in [-0.05, 0) is 36.8 Å². The smallest absolute Gasteiger partial charge is 0.257 e. The van der Waals surface area contributed by atoms with Gasteiger partial charge in [0.2, 0.25) is 0 Å². The molecule has 0 spiro atoms. The monoisotopic (exact) mass is 357 g/mol. The molecule has 1 aromatic carbocycles. The summed E-state index contributed by atoms with van der Waals surface area (Å²) in [4.78, 5) is 32.6. The van der Waals surface area contributed by atoms with Crippen LogP contribution in [0.2, 0.25) is 0 Å². The van der Waals surface area contributed by atoms with E-state index in [2.05, 4.69) is 15.3 Å². The summed E-state index contributed by atoms with van der Waals surface area (Å²) in [5, 5.41) is 3.71. The minimum atomic E-state index is -0.521. The Bertz CT molecular complexity index is 950. The number of Topliss-reactive ketones (excluding diaryl/α,β-unsaturated/α-hetero) is 1. The van der Waals surface area contributed by atoms with Crippen molar-refractivity contribution in [3.63, 3.8) is 0 Å². The Morgan fingerprint density at radius 1 is 1.20 bits per heavy atom. The summed E-state index contributed by atoms with van der Waals surface area (Å²) in [6.45, 7) is 0. The van der Waals surface area contributed by atoms with Crippen LogP contribution in [0, 0.1) is 5.82 Å². The number of carbonyl (C=O) groups is 1. The van der Waals surface area contributed by atoms with Gasteiger partial charge in [0.25, 0.3) is 5.56 Å². The second-order valence-corrected chi connectivity index (χ2v) is 6.91. The number of ketones is 1. The SMILES string of the molecule is CSc1nc2c(c(=O)[nH]1)[C@@H](c1ccc(F)cc1)C1=C(CCCC1=O)N2. The van der Waals surface area contributed by atoms with Gasteiger partial charge in [-0.25, -0.2) is 9.37 Å². The first kappa shape index (κ1) is 16.1. The van der Waals surface area contributed by atoms with Gasteiger partial charge >= 0.3 is 0 Å². The number of thioether (sulfide) groups is 1. The van der Waals surface area contributed by atoms with Gasteiger partial charge in [-0.2, -0.15) is 0 Å². The van der Waals surface area contributed by atoms with Crippen LogP contribution in [0.15, 0.2) is 45.5 Å². The molecule has 2 heterocycles. The van der Waals surface area contributed by atoms with Crippen LogP contribution in [-0.2, 0) is 4.79 Å². The number of anilines is 1. The Labute approximate surface area is 147 Å². The lowest BCUT2D eigenvalue weighted by atomic mass is 9.76. The lowest BCUT2D eigenvalue weighted by Crippen LogP contribution is -2.32. The molecule has 1 aliphatic carbocycles. The Morgan fingerprint density at radius 2 is 1.96 bits per heavy atom. The number of nitrogens with one attached hydrogen (secondary N) is 2. The molecule has 0 bridgehead atoms. The van der Waals surface area contributed by atoms with E-state index in [9.17, 15) is 14.0 Å². The van der Waals surface area contributed by atoms with Crippen molar-refractivity contribution in [2.24, 2.45) is 0 Å². The second kappa shape index (κ2) is 6.15. The molecular formula is C18H16FN3O2S. The molecule has 0 saturated heterocycles. The van der Waals surface area contributed by atoms with Gasteiger partial charge in [-0.1, -0.05) is 23.9 Å². The molecule has 0 radical (unpaired) electrons. The Morgan fingerprint density at radius 3 is 2.68 bits per heavy atom. The van der Waals surface area contributed by atoms with Gasteiger partial charge < -0.3 is 10.3 Å². The highest BCUT2D eigenvalue weighted by Gasteiger charge is 2.37. The first-order valence-electron chi connectivity index (χ1n) is 8.05. The lowest BCUT2D eigenvalue weighted by molar-refractivity contribution is -0.116. The first-order valence-corrected chi connectivity index (χ1v) is 9.28. The van der Waals surface area contributed by atoms with E-state index in [0.29, 0.717) is 28.5 Å². The number of hydrogen-bond donors (Lipinski definition) is 2. The molecule has 0 fully saturated rings. The van der Waals surface area contributed by atoms with Crippen LogP contribution in [0.4, 0.5) is 10.2 Å². The first-order chi connectivity index (χ1) is 12.1. The number of halogens is 1. The minimum absolute atomic E-state index is 0.0297. The molecule has 1 aromatic heterocycles. The van der Waals surface area contributed by atoms with E-state index in [1.807, 2.05) is 6.26 Å². The van der Waals surface area contributed by atoms with Gasteiger partial charge in [0.15, 0.2) is 10.9 Å². The highest BCUT2D eigenvalue weighted by Crippen LogP contribution is 2.43. The predicted octanol–water partition coefficient (Wildman–Crippen LogP) is 3.20. The average molecular weight is 357 g/mol. The number of aromatic nitrogens is 2. The molecule has 128 valence electrons. The van der Waals surface area contributed by atoms with Crippen LogP contribution in [0.5, 0.6) is 0 Å². The maximum atomic E-state index is 13.4. The zero-order chi connectivity index (χ0) is 17.6. The Balaban J connectivity index is 1.98. The molecule has 1 aliphatic heterocycles. The fourth-order valence-electron chi connectivity index (χ4n) is 3.53. The Hall–Kier alpha value is -2.41. The van der Waals surface area contributed by atoms with Crippen molar-refractivity contribution in [3.8, 4) is 0 Å². The third kappa shape index (κ3) is 2.68. The maximum Gasteiger partial charge on any atom is 0.257 e. The van der Waals surface area contributed by atoms with Gasteiger partial charge in [0, 0.05) is 23.6 Å². The fourth-order valence-corrected chi connectivity index (χ4v) is 3.90. The number of allylic oxidation sites excluding steroid dienone is 2. The van der Waals surface area contributed by atoms with Crippen molar-refractivity contribution in [1.29, 1.82) is 0 Å². The highest BCUT2D eigenvalue weighted by atomic mass is 32.2. The van der Waals surface area contributed by atoms with E-state index in [1.54, 1.807) is 12.1 Å². The second-order valence-electron chi connectivity index (χ2n) is 6.12. The summed E-state index contributed by atoms with van der Waals surface area (Å²) in [6, 6.07) is 5.96. The summed E-state index contributed by atoms with van der Waals surface area (Å²) < 4.78 is 13.4. The van der Waals surface area contributed by atoms with E-state index in [0.717, 1.165) is 24.1 Å². The van der Waals surface area contributed by atoms with Gasteiger partial charge in [0.05, 0.1) is 5.56 Å². The van der Waals surface area contributed by atoms with Crippen molar-refractivity contribution >= 4 is 23.4 Å². The number of hydrogen-bond acceptors (Lipinski definition) is 5. The van der Waals surface area contributed by atoms with Gasteiger partial charge in [-0.15, -0.1) is 0 Å². The quantitative estimate of drug-likeness (QED) is 0.638. The zero-order valence-electron chi connectivity index (χ0n) is 13.6. The van der Waals surface area contributed by atoms with Crippen LogP contribution >= 0.6 is 11.8 Å². The van der Waals surface area contributed by atoms with E-state index in [4.69, 9.17) is 0 Å². The summed E-state index contributed by atoms with van der Waals surface area (Å²) in [5.41, 5.74) is 2.29. The van der Waals surface area contributed by atoms with Crippen molar-refractivity contribution in [1.82, 2.24) is 9.97 Å². The standard InChI is InChI=1S/C18H16FN3O2S/c1-25-18-21-16-15(17(24)22-18)13(9-5-7-10(19)8-6-9)14-11(20-16)3-2-4-12(14)23/h5-8,13H,2-4H2,1H3,(H2,20,21,22,24)/t13-/m0/s1. The molecule has 4 rings (SSSR count). The van der Waals surface area contributed by atoms with Crippen LogP contribution in [0.25, 0.3) is 0 Å². The number of fused-ring (bicyclic) bond motifs is 1. The number of benzene rings is 1. The molecule has 2 aliphatic rings. The predicted molar refractivity (Wildman–Crippen MR) is 94.4 cm³/mol. The molecule has 25 heavy (non-hydrogen) atoms. The van der Waals surface area contributed by atoms with E-state index in [1.165, 1.54) is 23.9 Å². The molecule has 2 aromatic rings. The number of rotatable bonds is 2. The molecular weight excluding hydrogens is 341 g/mol. The molecule has 5 nitrogen and oxygen atoms in total. The van der Waals surface area contributed by atoms with E-state index >= 15 is 0 Å². The average Bonchev–Trinajstić information content (AvgIpc) is 2.61. The third-order valence-electron chi connectivity index (χ3n) is 4.63.